The molecule has 0 saturated carbocycles. The standard InChI is InChI=1S/C30H31N5O6S4/c31-11-9-21-19-32-26-8-7-24(18-25(21)26)41-20-28(36)35-14-12-34(13-15-35)23-5-3-22(4-6-23)33-45(39,40)30-27(10-17-43-30)44(37,38)29-2-1-16-42-29/h1-8,10,16-19,32-33H,9,11-15,20,31H2. The third kappa shape index (κ3) is 6.58. The van der Waals surface area contributed by atoms with Crippen LogP contribution >= 0.6 is 22.7 Å². The van der Waals surface area contributed by atoms with Gasteiger partial charge in [0.25, 0.3) is 15.9 Å². The van der Waals surface area contributed by atoms with Gasteiger partial charge < -0.3 is 25.3 Å². The summed E-state index contributed by atoms with van der Waals surface area (Å²) < 4.78 is 60.6. The Morgan fingerprint density at radius 1 is 0.956 bits per heavy atom. The van der Waals surface area contributed by atoms with Gasteiger partial charge in [-0.3, -0.25) is 9.52 Å². The van der Waals surface area contributed by atoms with E-state index >= 15 is 0 Å². The van der Waals surface area contributed by atoms with E-state index < -0.39 is 19.9 Å². The quantitative estimate of drug-likeness (QED) is 0.187. The molecule has 0 spiro atoms. The van der Waals surface area contributed by atoms with Crippen LogP contribution in [0.5, 0.6) is 5.75 Å². The third-order valence-corrected chi connectivity index (χ3v) is 13.8. The molecule has 11 nitrogen and oxygen atoms in total. The van der Waals surface area contributed by atoms with Gasteiger partial charge in [-0.15, -0.1) is 22.7 Å². The van der Waals surface area contributed by atoms with Crippen LogP contribution in [0.25, 0.3) is 10.9 Å². The van der Waals surface area contributed by atoms with Gasteiger partial charge in [-0.05, 0) is 83.9 Å². The van der Waals surface area contributed by atoms with Crippen LogP contribution in [-0.2, 0) is 31.1 Å². The monoisotopic (exact) mass is 685 g/mol. The number of aromatic nitrogens is 1. The SMILES string of the molecule is NCCc1c[nH]c2ccc(OCC(=O)N3CCN(c4ccc(NS(=O)(=O)c5sccc5S(=O)(=O)c5cccs5)cc4)CC3)cc12. The molecule has 15 heteroatoms. The Morgan fingerprint density at radius 2 is 1.73 bits per heavy atom. The first-order valence-corrected chi connectivity index (χ1v) is 18.8. The van der Waals surface area contributed by atoms with Crippen LogP contribution in [0.15, 0.2) is 90.9 Å². The van der Waals surface area contributed by atoms with Crippen molar-refractivity contribution in [1.29, 1.82) is 0 Å². The van der Waals surface area contributed by atoms with Crippen LogP contribution in [0.2, 0.25) is 0 Å². The summed E-state index contributed by atoms with van der Waals surface area (Å²) in [5.74, 6) is 0.535. The molecule has 1 saturated heterocycles. The summed E-state index contributed by atoms with van der Waals surface area (Å²) in [5, 5.41) is 4.12. The van der Waals surface area contributed by atoms with Crippen LogP contribution in [0.4, 0.5) is 11.4 Å². The average Bonchev–Trinajstić information content (AvgIpc) is 3.83. The van der Waals surface area contributed by atoms with Gasteiger partial charge in [0, 0.05) is 54.7 Å². The summed E-state index contributed by atoms with van der Waals surface area (Å²) in [7, 11) is -8.11. The number of nitrogens with zero attached hydrogens (tertiary/aromatic N) is 2. The summed E-state index contributed by atoms with van der Waals surface area (Å²) in [5.41, 5.74) is 9.01. The van der Waals surface area contributed by atoms with E-state index in [2.05, 4.69) is 14.6 Å². The van der Waals surface area contributed by atoms with Crippen molar-refractivity contribution in [3.63, 3.8) is 0 Å². The number of nitrogens with two attached hydrogens (primary N) is 1. The minimum Gasteiger partial charge on any atom is -0.484 e. The number of anilines is 2. The number of aromatic amines is 1. The highest BCUT2D eigenvalue weighted by Crippen LogP contribution is 2.34. The largest absolute Gasteiger partial charge is 0.484 e. The van der Waals surface area contributed by atoms with Crippen molar-refractivity contribution >= 4 is 70.7 Å². The lowest BCUT2D eigenvalue weighted by Gasteiger charge is -2.36. The molecule has 0 unspecified atom stereocenters. The molecule has 4 N–H and O–H groups in total. The van der Waals surface area contributed by atoms with Gasteiger partial charge in [-0.1, -0.05) is 6.07 Å². The molecule has 6 rings (SSSR count). The van der Waals surface area contributed by atoms with Gasteiger partial charge in [0.2, 0.25) is 9.84 Å². The van der Waals surface area contributed by atoms with Crippen LogP contribution in [0, 0.1) is 0 Å². The zero-order valence-electron chi connectivity index (χ0n) is 24.0. The summed E-state index contributed by atoms with van der Waals surface area (Å²) in [6.07, 6.45) is 2.70. The van der Waals surface area contributed by atoms with Gasteiger partial charge in [0.1, 0.15) is 14.9 Å². The number of hydrogen-bond acceptors (Lipinski definition) is 10. The van der Waals surface area contributed by atoms with E-state index in [9.17, 15) is 21.6 Å². The number of fused-ring (bicyclic) bond motifs is 1. The first kappa shape index (κ1) is 31.1. The van der Waals surface area contributed by atoms with Gasteiger partial charge in [-0.2, -0.15) is 0 Å². The number of nitrogens with one attached hydrogen (secondary N) is 2. The van der Waals surface area contributed by atoms with Gasteiger partial charge in [-0.25, -0.2) is 16.8 Å². The van der Waals surface area contributed by atoms with E-state index in [4.69, 9.17) is 10.5 Å². The minimum atomic E-state index is -4.15. The fourth-order valence-corrected chi connectivity index (χ4v) is 10.9. The number of hydrogen-bond donors (Lipinski definition) is 3. The highest BCUT2D eigenvalue weighted by Gasteiger charge is 2.30. The number of ether oxygens (including phenoxy) is 1. The number of thiophene rings is 2. The number of carbonyl (C=O) groups excluding carboxylic acids is 1. The fourth-order valence-electron chi connectivity index (χ4n) is 5.21. The minimum absolute atomic E-state index is 0.0580. The predicted octanol–water partition coefficient (Wildman–Crippen LogP) is 4.15. The molecule has 1 aliphatic heterocycles. The molecule has 0 aliphatic carbocycles. The Kier molecular flexibility index (Phi) is 8.88. The third-order valence-electron chi connectivity index (χ3n) is 7.52. The van der Waals surface area contributed by atoms with Gasteiger partial charge >= 0.3 is 0 Å². The Bertz CT molecular complexity index is 2010. The molecular weight excluding hydrogens is 655 g/mol. The lowest BCUT2D eigenvalue weighted by atomic mass is 10.1. The van der Waals surface area contributed by atoms with E-state index in [-0.39, 0.29) is 25.8 Å². The molecule has 0 bridgehead atoms. The molecular formula is C30H31N5O6S4. The first-order valence-electron chi connectivity index (χ1n) is 14.1. The van der Waals surface area contributed by atoms with Crippen molar-refractivity contribution in [3.05, 3.63) is 83.2 Å². The molecule has 3 aromatic heterocycles. The Labute approximate surface area is 269 Å². The molecule has 0 radical (unpaired) electrons. The Morgan fingerprint density at radius 3 is 2.44 bits per heavy atom. The van der Waals surface area contributed by atoms with Crippen molar-refractivity contribution in [3.8, 4) is 5.75 Å². The molecule has 236 valence electrons. The number of amides is 1. The smallest absolute Gasteiger partial charge is 0.272 e. The fraction of sp³-hybridized carbons (Fsp3) is 0.233. The second-order valence-electron chi connectivity index (χ2n) is 10.4. The molecule has 45 heavy (non-hydrogen) atoms. The zero-order valence-corrected chi connectivity index (χ0v) is 27.3. The summed E-state index contributed by atoms with van der Waals surface area (Å²) in [6, 6.07) is 16.9. The highest BCUT2D eigenvalue weighted by atomic mass is 32.3. The van der Waals surface area contributed by atoms with Crippen molar-refractivity contribution in [1.82, 2.24) is 9.88 Å². The maximum atomic E-state index is 13.2. The number of piperazine rings is 1. The summed E-state index contributed by atoms with van der Waals surface area (Å²) in [4.78, 5) is 19.8. The van der Waals surface area contributed by atoms with E-state index in [0.29, 0.717) is 44.2 Å². The van der Waals surface area contributed by atoms with Crippen LogP contribution in [0.1, 0.15) is 5.56 Å². The number of sulfone groups is 1. The molecule has 2 aromatic carbocycles. The van der Waals surface area contributed by atoms with Crippen LogP contribution in [0.3, 0.4) is 0 Å². The topological polar surface area (TPSA) is 155 Å². The van der Waals surface area contributed by atoms with Crippen LogP contribution < -0.4 is 20.1 Å². The molecule has 1 aliphatic rings. The molecule has 5 aromatic rings. The highest BCUT2D eigenvalue weighted by molar-refractivity contribution is 7.97. The van der Waals surface area contributed by atoms with Gasteiger partial charge in [0.05, 0.1) is 0 Å². The Balaban J connectivity index is 1.03. The second kappa shape index (κ2) is 12.8. The summed E-state index contributed by atoms with van der Waals surface area (Å²) >= 11 is 1.89. The molecule has 1 fully saturated rings. The molecule has 4 heterocycles. The zero-order chi connectivity index (χ0) is 31.6. The van der Waals surface area contributed by atoms with E-state index in [0.717, 1.165) is 51.2 Å². The first-order chi connectivity index (χ1) is 21.7. The average molecular weight is 686 g/mol. The van der Waals surface area contributed by atoms with Crippen molar-refractivity contribution < 1.29 is 26.4 Å². The lowest BCUT2D eigenvalue weighted by Crippen LogP contribution is -2.50. The number of sulfonamides is 1. The van der Waals surface area contributed by atoms with Crippen molar-refractivity contribution in [2.75, 3.05) is 49.0 Å². The normalized spacial score (nSPS) is 14.2. The van der Waals surface area contributed by atoms with Crippen molar-refractivity contribution in [2.45, 2.75) is 19.7 Å². The van der Waals surface area contributed by atoms with E-state index in [1.165, 1.54) is 17.5 Å². The number of benzene rings is 2. The van der Waals surface area contributed by atoms with E-state index in [1.807, 2.05) is 24.4 Å². The van der Waals surface area contributed by atoms with Gasteiger partial charge in [0.15, 0.2) is 10.8 Å². The number of H-pyrrole nitrogens is 1. The number of rotatable bonds is 11. The number of carbonyl (C=O) groups is 1. The maximum Gasteiger partial charge on any atom is 0.272 e. The Hall–Kier alpha value is -3.89. The summed E-state index contributed by atoms with van der Waals surface area (Å²) in [6.45, 7) is 2.74. The van der Waals surface area contributed by atoms with Crippen molar-refractivity contribution in [2.24, 2.45) is 5.73 Å². The maximum absolute atomic E-state index is 13.2. The second-order valence-corrected chi connectivity index (χ2v) is 16.3. The molecule has 1 amide bonds. The molecule has 0 atom stereocenters. The van der Waals surface area contributed by atoms with E-state index in [1.54, 1.807) is 40.6 Å². The van der Waals surface area contributed by atoms with Crippen LogP contribution in [-0.4, -0.2) is 72.0 Å². The predicted molar refractivity (Wildman–Crippen MR) is 177 cm³/mol. The lowest BCUT2D eigenvalue weighted by molar-refractivity contribution is -0.133.